The first kappa shape index (κ1) is 8.50. The summed E-state index contributed by atoms with van der Waals surface area (Å²) in [6.45, 7) is 2.05. The lowest BCUT2D eigenvalue weighted by molar-refractivity contribution is 0.199. The maximum absolute atomic E-state index is 11.1. The SMILES string of the molecule is CC1COP(=O)(OCCl)O1. The molecule has 2 atom stereocenters. The second-order valence-electron chi connectivity index (χ2n) is 1.90. The Labute approximate surface area is 64.0 Å². The van der Waals surface area contributed by atoms with Gasteiger partial charge in [-0.1, -0.05) is 11.6 Å². The summed E-state index contributed by atoms with van der Waals surface area (Å²) in [4.78, 5) is 0. The molecule has 0 aromatic heterocycles. The van der Waals surface area contributed by atoms with Crippen LogP contribution in [-0.2, 0) is 18.1 Å². The monoisotopic (exact) mass is 186 g/mol. The molecule has 0 amide bonds. The number of phosphoric acid groups is 1. The van der Waals surface area contributed by atoms with E-state index in [9.17, 15) is 4.57 Å². The second kappa shape index (κ2) is 3.20. The second-order valence-corrected chi connectivity index (χ2v) is 3.74. The Balaban J connectivity index is 2.47. The van der Waals surface area contributed by atoms with Crippen molar-refractivity contribution in [1.82, 2.24) is 0 Å². The van der Waals surface area contributed by atoms with Gasteiger partial charge in [0.25, 0.3) is 0 Å². The molecule has 0 N–H and O–H groups in total. The molecule has 1 aliphatic rings. The van der Waals surface area contributed by atoms with Crippen molar-refractivity contribution in [3.05, 3.63) is 0 Å². The molecule has 0 saturated carbocycles. The Morgan fingerprint density at radius 1 is 1.90 bits per heavy atom. The molecule has 0 bridgehead atoms. The molecule has 0 spiro atoms. The third kappa shape index (κ3) is 1.94. The van der Waals surface area contributed by atoms with Gasteiger partial charge in [0.05, 0.1) is 12.7 Å². The minimum absolute atomic E-state index is 0.172. The Morgan fingerprint density at radius 2 is 2.60 bits per heavy atom. The van der Waals surface area contributed by atoms with Gasteiger partial charge in [-0.05, 0) is 6.92 Å². The lowest BCUT2D eigenvalue weighted by Gasteiger charge is -2.06. The summed E-state index contributed by atoms with van der Waals surface area (Å²) >= 11 is 5.16. The summed E-state index contributed by atoms with van der Waals surface area (Å²) in [5.41, 5.74) is 0. The van der Waals surface area contributed by atoms with Crippen molar-refractivity contribution >= 4 is 19.4 Å². The zero-order valence-corrected chi connectivity index (χ0v) is 7.10. The van der Waals surface area contributed by atoms with Crippen LogP contribution in [-0.4, -0.2) is 18.8 Å². The van der Waals surface area contributed by atoms with Crippen molar-refractivity contribution < 1.29 is 18.1 Å². The van der Waals surface area contributed by atoms with Gasteiger partial charge < -0.3 is 0 Å². The predicted molar refractivity (Wildman–Crippen MR) is 35.9 cm³/mol. The molecular formula is C4H8ClO4P. The molecule has 0 radical (unpaired) electrons. The summed E-state index contributed by atoms with van der Waals surface area (Å²) in [6.07, 6.45) is -0.172. The minimum Gasteiger partial charge on any atom is -0.284 e. The normalized spacial score (nSPS) is 40.4. The van der Waals surface area contributed by atoms with Crippen LogP contribution in [0.15, 0.2) is 0 Å². The molecule has 1 heterocycles. The van der Waals surface area contributed by atoms with Gasteiger partial charge in [0.15, 0.2) is 0 Å². The number of rotatable bonds is 2. The van der Waals surface area contributed by atoms with Crippen LogP contribution >= 0.6 is 19.4 Å². The van der Waals surface area contributed by atoms with E-state index in [1.54, 1.807) is 6.92 Å². The Kier molecular flexibility index (Phi) is 2.72. The van der Waals surface area contributed by atoms with Gasteiger partial charge in [-0.25, -0.2) is 4.57 Å². The molecule has 1 rings (SSSR count). The van der Waals surface area contributed by atoms with Crippen LogP contribution in [0.2, 0.25) is 0 Å². The van der Waals surface area contributed by atoms with Crippen LogP contribution in [0.3, 0.4) is 0 Å². The smallest absolute Gasteiger partial charge is 0.284 e. The Bertz CT molecular complexity index is 155. The van der Waals surface area contributed by atoms with Gasteiger partial charge in [0.2, 0.25) is 0 Å². The number of halogens is 1. The van der Waals surface area contributed by atoms with Crippen LogP contribution < -0.4 is 0 Å². The Hall–Kier alpha value is 0.400. The van der Waals surface area contributed by atoms with Crippen LogP contribution in [0.5, 0.6) is 0 Å². The zero-order chi connectivity index (χ0) is 7.61. The summed E-state index contributed by atoms with van der Waals surface area (Å²) in [6, 6.07) is -0.177. The van der Waals surface area contributed by atoms with Crippen molar-refractivity contribution in [2.75, 3.05) is 12.7 Å². The highest BCUT2D eigenvalue weighted by atomic mass is 35.5. The average molecular weight is 187 g/mol. The van der Waals surface area contributed by atoms with Gasteiger partial charge in [-0.15, -0.1) is 0 Å². The van der Waals surface area contributed by atoms with Gasteiger partial charge in [-0.3, -0.25) is 13.6 Å². The zero-order valence-electron chi connectivity index (χ0n) is 5.45. The topological polar surface area (TPSA) is 44.8 Å². The van der Waals surface area contributed by atoms with Crippen molar-refractivity contribution in [1.29, 1.82) is 0 Å². The molecular weight excluding hydrogens is 178 g/mol. The van der Waals surface area contributed by atoms with Gasteiger partial charge in [0.1, 0.15) is 6.07 Å². The molecule has 0 aromatic carbocycles. The molecule has 1 aliphatic heterocycles. The Morgan fingerprint density at radius 3 is 3.00 bits per heavy atom. The van der Waals surface area contributed by atoms with E-state index >= 15 is 0 Å². The standard InChI is InChI=1S/C4H8ClO4P/c1-4-2-7-10(6,9-4)8-3-5/h4H,2-3H2,1H3. The lowest BCUT2D eigenvalue weighted by Crippen LogP contribution is -2.00. The first-order valence-electron chi connectivity index (χ1n) is 2.80. The molecule has 4 nitrogen and oxygen atoms in total. The van der Waals surface area contributed by atoms with Crippen LogP contribution in [0, 0.1) is 0 Å². The lowest BCUT2D eigenvalue weighted by atomic mass is 10.5. The molecule has 6 heteroatoms. The summed E-state index contributed by atoms with van der Waals surface area (Å²) in [5.74, 6) is 0. The fraction of sp³-hybridized carbons (Fsp3) is 1.00. The van der Waals surface area contributed by atoms with Crippen molar-refractivity contribution in [3.8, 4) is 0 Å². The molecule has 0 aliphatic carbocycles. The van der Waals surface area contributed by atoms with Crippen LogP contribution in [0.25, 0.3) is 0 Å². The van der Waals surface area contributed by atoms with Crippen LogP contribution in [0.1, 0.15) is 6.92 Å². The molecule has 0 aromatic rings. The van der Waals surface area contributed by atoms with E-state index in [0.29, 0.717) is 6.61 Å². The van der Waals surface area contributed by atoms with Crippen molar-refractivity contribution in [3.63, 3.8) is 0 Å². The highest BCUT2D eigenvalue weighted by Crippen LogP contribution is 2.54. The third-order valence-corrected chi connectivity index (χ3v) is 2.77. The molecule has 1 saturated heterocycles. The first-order valence-corrected chi connectivity index (χ1v) is 4.79. The largest absolute Gasteiger partial charge is 0.476 e. The fourth-order valence-electron chi connectivity index (χ4n) is 0.605. The quantitative estimate of drug-likeness (QED) is 0.487. The number of hydrogen-bond acceptors (Lipinski definition) is 4. The highest BCUT2D eigenvalue weighted by Gasteiger charge is 2.36. The highest BCUT2D eigenvalue weighted by molar-refractivity contribution is 7.48. The average Bonchev–Trinajstić information content (AvgIpc) is 2.12. The fourth-order valence-corrected chi connectivity index (χ4v) is 2.17. The van der Waals surface area contributed by atoms with Gasteiger partial charge >= 0.3 is 7.82 Å². The van der Waals surface area contributed by atoms with Crippen LogP contribution in [0.4, 0.5) is 0 Å². The third-order valence-electron chi connectivity index (χ3n) is 0.983. The van der Waals surface area contributed by atoms with E-state index in [1.807, 2.05) is 0 Å². The first-order chi connectivity index (χ1) is 4.66. The van der Waals surface area contributed by atoms with E-state index in [4.69, 9.17) is 20.6 Å². The maximum Gasteiger partial charge on any atom is 0.476 e. The van der Waals surface area contributed by atoms with Gasteiger partial charge in [-0.2, -0.15) is 0 Å². The summed E-state index contributed by atoms with van der Waals surface area (Å²) in [5, 5.41) is 0. The van der Waals surface area contributed by atoms with E-state index in [-0.39, 0.29) is 12.2 Å². The maximum atomic E-state index is 11.1. The summed E-state index contributed by atoms with van der Waals surface area (Å²) in [7, 11) is -3.26. The molecule has 2 unspecified atom stereocenters. The van der Waals surface area contributed by atoms with E-state index < -0.39 is 7.82 Å². The van der Waals surface area contributed by atoms with Crippen molar-refractivity contribution in [2.24, 2.45) is 0 Å². The van der Waals surface area contributed by atoms with E-state index in [1.165, 1.54) is 0 Å². The van der Waals surface area contributed by atoms with E-state index in [0.717, 1.165) is 0 Å². The molecule has 10 heavy (non-hydrogen) atoms. The minimum atomic E-state index is -3.26. The molecule has 60 valence electrons. The number of alkyl halides is 1. The van der Waals surface area contributed by atoms with Crippen molar-refractivity contribution in [2.45, 2.75) is 13.0 Å². The number of hydrogen-bond donors (Lipinski definition) is 0. The summed E-state index contributed by atoms with van der Waals surface area (Å²) < 4.78 is 25.1. The molecule has 1 fully saturated rings. The predicted octanol–water partition coefficient (Wildman–Crippen LogP) is 1.74. The van der Waals surface area contributed by atoms with Gasteiger partial charge in [0, 0.05) is 0 Å². The number of phosphoric ester groups is 1. The van der Waals surface area contributed by atoms with E-state index in [2.05, 4.69) is 4.52 Å².